The van der Waals surface area contributed by atoms with Crippen LogP contribution in [0.2, 0.25) is 0 Å². The van der Waals surface area contributed by atoms with Crippen LogP contribution in [0.1, 0.15) is 23.1 Å². The van der Waals surface area contributed by atoms with Crippen LogP contribution in [0.4, 0.5) is 18.9 Å². The third-order valence-electron chi connectivity index (χ3n) is 5.29. The molecule has 2 aromatic rings. The van der Waals surface area contributed by atoms with Crippen molar-refractivity contribution in [1.29, 1.82) is 5.26 Å². The SMILES string of the molecule is N#Cc1ccc(N2CCN(C(=O)CCc3ccccc3)CC2C(N)=O)cc1C(F)(F)F. The summed E-state index contributed by atoms with van der Waals surface area (Å²) in [5.74, 6) is -0.885. The van der Waals surface area contributed by atoms with Crippen LogP contribution in [0, 0.1) is 11.3 Å². The van der Waals surface area contributed by atoms with Gasteiger partial charge in [-0.2, -0.15) is 18.4 Å². The summed E-state index contributed by atoms with van der Waals surface area (Å²) in [5, 5.41) is 8.97. The Bertz CT molecular complexity index is 1000. The molecular weight excluding hydrogens is 409 g/mol. The summed E-state index contributed by atoms with van der Waals surface area (Å²) >= 11 is 0. The highest BCUT2D eigenvalue weighted by Gasteiger charge is 2.37. The van der Waals surface area contributed by atoms with Gasteiger partial charge in [-0.1, -0.05) is 30.3 Å². The first-order valence-corrected chi connectivity index (χ1v) is 9.69. The van der Waals surface area contributed by atoms with Crippen LogP contribution in [0.25, 0.3) is 0 Å². The van der Waals surface area contributed by atoms with Crippen LogP contribution >= 0.6 is 0 Å². The van der Waals surface area contributed by atoms with Gasteiger partial charge in [0.2, 0.25) is 11.8 Å². The second kappa shape index (κ2) is 9.08. The zero-order valence-electron chi connectivity index (χ0n) is 16.6. The number of halogens is 3. The summed E-state index contributed by atoms with van der Waals surface area (Å²) in [6.07, 6.45) is -3.91. The van der Waals surface area contributed by atoms with Crippen molar-refractivity contribution in [1.82, 2.24) is 4.90 Å². The minimum Gasteiger partial charge on any atom is -0.368 e. The molecule has 6 nitrogen and oxygen atoms in total. The summed E-state index contributed by atoms with van der Waals surface area (Å²) in [6.45, 7) is 0.386. The monoisotopic (exact) mass is 430 g/mol. The molecule has 9 heteroatoms. The van der Waals surface area contributed by atoms with Crippen molar-refractivity contribution in [3.63, 3.8) is 0 Å². The van der Waals surface area contributed by atoms with E-state index in [2.05, 4.69) is 0 Å². The van der Waals surface area contributed by atoms with Gasteiger partial charge >= 0.3 is 6.18 Å². The van der Waals surface area contributed by atoms with Crippen molar-refractivity contribution < 1.29 is 22.8 Å². The zero-order valence-corrected chi connectivity index (χ0v) is 16.6. The Labute approximate surface area is 177 Å². The third-order valence-corrected chi connectivity index (χ3v) is 5.29. The van der Waals surface area contributed by atoms with E-state index in [1.165, 1.54) is 21.9 Å². The molecule has 0 spiro atoms. The molecule has 2 aromatic carbocycles. The molecule has 1 saturated heterocycles. The number of piperazine rings is 1. The Hall–Kier alpha value is -3.54. The lowest BCUT2D eigenvalue weighted by atomic mass is 10.0. The normalized spacial score (nSPS) is 16.6. The first-order chi connectivity index (χ1) is 14.7. The van der Waals surface area contributed by atoms with E-state index in [1.54, 1.807) is 0 Å². The Morgan fingerprint density at radius 2 is 1.84 bits per heavy atom. The van der Waals surface area contributed by atoms with Gasteiger partial charge in [0, 0.05) is 25.2 Å². The molecule has 1 heterocycles. The number of amides is 2. The summed E-state index contributed by atoms with van der Waals surface area (Å²) in [7, 11) is 0. The molecule has 1 aliphatic heterocycles. The first-order valence-electron chi connectivity index (χ1n) is 9.69. The second-order valence-electron chi connectivity index (χ2n) is 7.28. The molecule has 0 aromatic heterocycles. The molecule has 1 aliphatic rings. The Kier molecular flexibility index (Phi) is 6.49. The lowest BCUT2D eigenvalue weighted by molar-refractivity contribution is -0.137. The summed E-state index contributed by atoms with van der Waals surface area (Å²) in [4.78, 5) is 27.7. The van der Waals surface area contributed by atoms with E-state index in [0.717, 1.165) is 17.7 Å². The number of rotatable bonds is 5. The first kappa shape index (κ1) is 22.2. The average molecular weight is 430 g/mol. The molecule has 162 valence electrons. The van der Waals surface area contributed by atoms with Gasteiger partial charge in [0.15, 0.2) is 0 Å². The van der Waals surface area contributed by atoms with Gasteiger partial charge in [-0.3, -0.25) is 9.59 Å². The smallest absolute Gasteiger partial charge is 0.368 e. The Morgan fingerprint density at radius 3 is 2.45 bits per heavy atom. The lowest BCUT2D eigenvalue weighted by Gasteiger charge is -2.41. The molecule has 1 unspecified atom stereocenters. The van der Waals surface area contributed by atoms with Crippen molar-refractivity contribution in [3.05, 3.63) is 65.2 Å². The van der Waals surface area contributed by atoms with Crippen LogP contribution in [0.3, 0.4) is 0 Å². The van der Waals surface area contributed by atoms with Crippen molar-refractivity contribution in [3.8, 4) is 6.07 Å². The number of primary amides is 1. The standard InChI is InChI=1S/C22H21F3N4O2/c23-22(24,25)18-12-17(8-7-16(18)13-26)29-11-10-28(14-19(29)21(27)31)20(30)9-6-15-4-2-1-3-5-15/h1-5,7-8,12,19H,6,9-11,14H2,(H2,27,31). The van der Waals surface area contributed by atoms with Gasteiger partial charge in [-0.25, -0.2) is 0 Å². The van der Waals surface area contributed by atoms with E-state index in [4.69, 9.17) is 11.0 Å². The largest absolute Gasteiger partial charge is 0.417 e. The summed E-state index contributed by atoms with van der Waals surface area (Å²) in [6, 6.07) is 13.3. The maximum Gasteiger partial charge on any atom is 0.417 e. The number of nitrogens with two attached hydrogens (primary N) is 1. The average Bonchev–Trinajstić information content (AvgIpc) is 2.76. The predicted molar refractivity (Wildman–Crippen MR) is 108 cm³/mol. The maximum absolute atomic E-state index is 13.3. The fraction of sp³-hybridized carbons (Fsp3) is 0.318. The predicted octanol–water partition coefficient (Wildman–Crippen LogP) is 2.71. The number of nitrogens with zero attached hydrogens (tertiary/aromatic N) is 3. The summed E-state index contributed by atoms with van der Waals surface area (Å²) in [5.41, 5.74) is 5.08. The highest BCUT2D eigenvalue weighted by molar-refractivity contribution is 5.86. The van der Waals surface area contributed by atoms with Gasteiger partial charge in [0.1, 0.15) is 6.04 Å². The highest BCUT2D eigenvalue weighted by Crippen LogP contribution is 2.35. The third kappa shape index (κ3) is 5.15. The quantitative estimate of drug-likeness (QED) is 0.790. The molecule has 2 amide bonds. The number of anilines is 1. The van der Waals surface area contributed by atoms with Crippen LogP contribution in [0.15, 0.2) is 48.5 Å². The van der Waals surface area contributed by atoms with E-state index in [0.29, 0.717) is 6.42 Å². The van der Waals surface area contributed by atoms with E-state index < -0.39 is 29.3 Å². The number of nitriles is 1. The zero-order chi connectivity index (χ0) is 22.6. The number of aryl methyl sites for hydroxylation is 1. The summed E-state index contributed by atoms with van der Waals surface area (Å²) < 4.78 is 40.0. The van der Waals surface area contributed by atoms with Gasteiger partial charge in [0.25, 0.3) is 0 Å². The number of carbonyl (C=O) groups excluding carboxylic acids is 2. The highest BCUT2D eigenvalue weighted by atomic mass is 19.4. The number of hydrogen-bond acceptors (Lipinski definition) is 4. The fourth-order valence-corrected chi connectivity index (χ4v) is 3.66. The molecule has 1 atom stereocenters. The van der Waals surface area contributed by atoms with Crippen molar-refractivity contribution >= 4 is 17.5 Å². The fourth-order valence-electron chi connectivity index (χ4n) is 3.66. The molecule has 31 heavy (non-hydrogen) atoms. The topological polar surface area (TPSA) is 90.4 Å². The molecule has 0 aliphatic carbocycles. The van der Waals surface area contributed by atoms with Crippen molar-refractivity contribution in [2.75, 3.05) is 24.5 Å². The molecule has 3 rings (SSSR count). The molecule has 1 fully saturated rings. The molecule has 0 saturated carbocycles. The number of carbonyl (C=O) groups is 2. The van der Waals surface area contributed by atoms with Crippen molar-refractivity contribution in [2.45, 2.75) is 25.1 Å². The molecule has 0 radical (unpaired) electrons. The van der Waals surface area contributed by atoms with Gasteiger partial charge < -0.3 is 15.5 Å². The van der Waals surface area contributed by atoms with E-state index in [-0.39, 0.29) is 37.6 Å². The minimum absolute atomic E-state index is 0.00961. The Morgan fingerprint density at radius 1 is 1.13 bits per heavy atom. The van der Waals surface area contributed by atoms with E-state index >= 15 is 0 Å². The van der Waals surface area contributed by atoms with Crippen molar-refractivity contribution in [2.24, 2.45) is 5.73 Å². The molecule has 0 bridgehead atoms. The lowest BCUT2D eigenvalue weighted by Crippen LogP contribution is -2.59. The number of hydrogen-bond donors (Lipinski definition) is 1. The number of alkyl halides is 3. The van der Waals surface area contributed by atoms with Gasteiger partial charge in [0.05, 0.1) is 23.7 Å². The maximum atomic E-state index is 13.3. The van der Waals surface area contributed by atoms with Crippen LogP contribution in [-0.4, -0.2) is 42.4 Å². The second-order valence-corrected chi connectivity index (χ2v) is 7.28. The van der Waals surface area contributed by atoms with Gasteiger partial charge in [-0.15, -0.1) is 0 Å². The number of benzene rings is 2. The van der Waals surface area contributed by atoms with Crippen LogP contribution in [-0.2, 0) is 22.2 Å². The molecular formula is C22H21F3N4O2. The van der Waals surface area contributed by atoms with E-state index in [1.807, 2.05) is 30.3 Å². The Balaban J connectivity index is 1.76. The molecule has 2 N–H and O–H groups in total. The van der Waals surface area contributed by atoms with Gasteiger partial charge in [-0.05, 0) is 30.2 Å². The van der Waals surface area contributed by atoms with E-state index in [9.17, 15) is 22.8 Å². The van der Waals surface area contributed by atoms with Crippen LogP contribution in [0.5, 0.6) is 0 Å². The minimum atomic E-state index is -4.71. The van der Waals surface area contributed by atoms with Crippen LogP contribution < -0.4 is 10.6 Å².